The van der Waals surface area contributed by atoms with Crippen molar-refractivity contribution in [2.75, 3.05) is 26.4 Å². The number of ether oxygens (including phenoxy) is 4. The Labute approximate surface area is 329 Å². The van der Waals surface area contributed by atoms with Crippen LogP contribution in [-0.4, -0.2) is 43.5 Å². The summed E-state index contributed by atoms with van der Waals surface area (Å²) >= 11 is 0. The molecule has 0 heterocycles. The molecule has 0 aromatic heterocycles. The Morgan fingerprint density at radius 2 is 0.944 bits per heavy atom. The van der Waals surface area contributed by atoms with Crippen molar-refractivity contribution in [3.05, 3.63) is 72.4 Å². The maximum Gasteiger partial charge on any atom is 0.305 e. The van der Waals surface area contributed by atoms with Crippen LogP contribution in [0.3, 0.4) is 0 Å². The molecule has 0 radical (unpaired) electrons. The number of esters is 2. The topological polar surface area (TPSA) is 91.3 Å². The van der Waals surface area contributed by atoms with E-state index >= 15 is 0 Å². The summed E-state index contributed by atoms with van der Waals surface area (Å²) in [5.41, 5.74) is 0.572. The van der Waals surface area contributed by atoms with Crippen molar-refractivity contribution in [1.82, 2.24) is 0 Å². The molecule has 1 aromatic rings. The van der Waals surface area contributed by atoms with Crippen molar-refractivity contribution in [2.24, 2.45) is 0 Å². The second kappa shape index (κ2) is 38.0. The van der Waals surface area contributed by atoms with E-state index in [4.69, 9.17) is 18.9 Å². The maximum absolute atomic E-state index is 12.1. The quantitative estimate of drug-likeness (QED) is 0.0411. The molecule has 0 saturated heterocycles. The molecule has 0 atom stereocenters. The number of aliphatic hydroxyl groups is 1. The van der Waals surface area contributed by atoms with Crippen LogP contribution in [0, 0.1) is 0 Å². The molecule has 1 N–H and O–H groups in total. The molecule has 0 fully saturated rings. The number of aliphatic hydroxyl groups excluding tert-OH is 1. The maximum atomic E-state index is 12.1. The molecule has 0 bridgehead atoms. The van der Waals surface area contributed by atoms with Gasteiger partial charge in [-0.3, -0.25) is 9.59 Å². The molecule has 0 saturated carbocycles. The number of carbonyl (C=O) groups is 2. The highest BCUT2D eigenvalue weighted by Gasteiger charge is 2.08. The van der Waals surface area contributed by atoms with Gasteiger partial charge in [0.2, 0.25) is 0 Å². The zero-order valence-corrected chi connectivity index (χ0v) is 34.3. The summed E-state index contributed by atoms with van der Waals surface area (Å²) in [6.45, 7) is 5.00. The molecule has 306 valence electrons. The number of allylic oxidation sites excluding steroid dienone is 8. The van der Waals surface area contributed by atoms with Gasteiger partial charge >= 0.3 is 11.9 Å². The van der Waals surface area contributed by atoms with Crippen LogP contribution in [0.5, 0.6) is 11.5 Å². The molecule has 0 aliphatic carbocycles. The SMILES string of the molecule is CCCCC/C=C\C/C=C\CCCCCCCC(=O)OCCOc1ccc(OCCOC(=O)CCCCCCC/C=C\C/C=C\CCCCC)c(CO)c1. The number of benzene rings is 1. The van der Waals surface area contributed by atoms with Gasteiger partial charge < -0.3 is 24.1 Å². The molecular weight excluding hydrogens is 677 g/mol. The molecule has 1 rings (SSSR count). The summed E-state index contributed by atoms with van der Waals surface area (Å²) in [6, 6.07) is 5.17. The first-order valence-electron chi connectivity index (χ1n) is 21.5. The molecule has 0 spiro atoms. The van der Waals surface area contributed by atoms with Crippen molar-refractivity contribution >= 4 is 11.9 Å². The van der Waals surface area contributed by atoms with Gasteiger partial charge in [0.1, 0.15) is 37.9 Å². The Kier molecular flexibility index (Phi) is 34.2. The Morgan fingerprint density at radius 3 is 1.41 bits per heavy atom. The number of unbranched alkanes of at least 4 members (excludes halogenated alkanes) is 16. The minimum absolute atomic E-state index is 0.156. The predicted octanol–water partition coefficient (Wildman–Crippen LogP) is 12.6. The van der Waals surface area contributed by atoms with Crippen LogP contribution in [-0.2, 0) is 25.7 Å². The van der Waals surface area contributed by atoms with Gasteiger partial charge in [-0.05, 0) is 95.2 Å². The zero-order valence-electron chi connectivity index (χ0n) is 34.3. The third kappa shape index (κ3) is 31.1. The fourth-order valence-electron chi connectivity index (χ4n) is 5.84. The van der Waals surface area contributed by atoms with Gasteiger partial charge in [0, 0.05) is 18.4 Å². The highest BCUT2D eigenvalue weighted by molar-refractivity contribution is 5.69. The minimum Gasteiger partial charge on any atom is -0.490 e. The predicted molar refractivity (Wildman–Crippen MR) is 224 cm³/mol. The first-order valence-corrected chi connectivity index (χ1v) is 21.5. The van der Waals surface area contributed by atoms with Crippen molar-refractivity contribution in [3.8, 4) is 11.5 Å². The van der Waals surface area contributed by atoms with Crippen LogP contribution in [0.15, 0.2) is 66.8 Å². The monoisotopic (exact) mass is 753 g/mol. The Balaban J connectivity index is 2.03. The Hall–Kier alpha value is -3.32. The van der Waals surface area contributed by atoms with E-state index in [0.29, 0.717) is 29.9 Å². The zero-order chi connectivity index (χ0) is 39.0. The van der Waals surface area contributed by atoms with E-state index in [1.165, 1.54) is 77.0 Å². The number of hydrogen-bond acceptors (Lipinski definition) is 7. The van der Waals surface area contributed by atoms with Crippen molar-refractivity contribution < 1.29 is 33.6 Å². The van der Waals surface area contributed by atoms with Gasteiger partial charge in [0.05, 0.1) is 6.61 Å². The van der Waals surface area contributed by atoms with Gasteiger partial charge in [-0.15, -0.1) is 0 Å². The molecule has 7 nitrogen and oxygen atoms in total. The summed E-state index contributed by atoms with van der Waals surface area (Å²) < 4.78 is 22.1. The van der Waals surface area contributed by atoms with Gasteiger partial charge in [-0.2, -0.15) is 0 Å². The lowest BCUT2D eigenvalue weighted by Crippen LogP contribution is -2.13. The lowest BCUT2D eigenvalue weighted by atomic mass is 10.1. The Bertz CT molecular complexity index is 1150. The van der Waals surface area contributed by atoms with Crippen molar-refractivity contribution in [3.63, 3.8) is 0 Å². The van der Waals surface area contributed by atoms with E-state index in [1.54, 1.807) is 18.2 Å². The normalized spacial score (nSPS) is 11.8. The summed E-state index contributed by atoms with van der Waals surface area (Å²) in [7, 11) is 0. The first kappa shape index (κ1) is 48.7. The van der Waals surface area contributed by atoms with Gasteiger partial charge in [-0.25, -0.2) is 0 Å². The average molecular weight is 753 g/mol. The lowest BCUT2D eigenvalue weighted by Gasteiger charge is -2.13. The lowest BCUT2D eigenvalue weighted by molar-refractivity contribution is -0.145. The Morgan fingerprint density at radius 1 is 0.519 bits per heavy atom. The summed E-state index contributed by atoms with van der Waals surface area (Å²) in [5.74, 6) is 0.663. The van der Waals surface area contributed by atoms with Gasteiger partial charge in [0.25, 0.3) is 0 Å². The van der Waals surface area contributed by atoms with Crippen molar-refractivity contribution in [1.29, 1.82) is 0 Å². The molecule has 1 aromatic carbocycles. The first-order chi connectivity index (χ1) is 26.6. The van der Waals surface area contributed by atoms with Crippen molar-refractivity contribution in [2.45, 2.75) is 175 Å². The second-order valence-corrected chi connectivity index (χ2v) is 14.0. The number of hydrogen-bond donors (Lipinski definition) is 1. The largest absolute Gasteiger partial charge is 0.490 e. The highest BCUT2D eigenvalue weighted by Crippen LogP contribution is 2.24. The standard InChI is InChI=1S/C47H76O7/c1-3-5-7-9-11-13-15-17-19-21-23-25-27-29-31-33-46(49)53-39-37-51-44-35-36-45(43(41-44)42-48)52-38-40-54-47(50)34-32-30-28-26-24-22-20-18-16-14-12-10-8-6-4-2/h11-14,17-20,35-36,41,48H,3-10,15-16,21-34,37-40,42H2,1-2H3/b13-11-,14-12-,19-17-,20-18-. The smallest absolute Gasteiger partial charge is 0.305 e. The number of carbonyl (C=O) groups excluding carboxylic acids is 2. The fraction of sp³-hybridized carbons (Fsp3) is 0.660. The van der Waals surface area contributed by atoms with E-state index in [-0.39, 0.29) is 45.0 Å². The molecule has 0 amide bonds. The van der Waals surface area contributed by atoms with E-state index in [9.17, 15) is 14.7 Å². The fourth-order valence-corrected chi connectivity index (χ4v) is 5.84. The molecule has 0 unspecified atom stereocenters. The van der Waals surface area contributed by atoms with Crippen LogP contribution in [0.25, 0.3) is 0 Å². The number of rotatable bonds is 37. The second-order valence-electron chi connectivity index (χ2n) is 14.0. The van der Waals surface area contributed by atoms with Crippen LogP contribution in [0.4, 0.5) is 0 Å². The third-order valence-electron chi connectivity index (χ3n) is 9.08. The van der Waals surface area contributed by atoms with E-state index in [0.717, 1.165) is 64.2 Å². The van der Waals surface area contributed by atoms with Crippen LogP contribution in [0.1, 0.15) is 174 Å². The average Bonchev–Trinajstić information content (AvgIpc) is 3.18. The minimum atomic E-state index is -0.221. The third-order valence-corrected chi connectivity index (χ3v) is 9.08. The van der Waals surface area contributed by atoms with Crippen LogP contribution < -0.4 is 9.47 Å². The molecule has 0 aliphatic rings. The van der Waals surface area contributed by atoms with Gasteiger partial charge in [-0.1, -0.05) is 127 Å². The summed E-state index contributed by atoms with van der Waals surface area (Å²) in [6.07, 6.45) is 44.3. The summed E-state index contributed by atoms with van der Waals surface area (Å²) in [5, 5.41) is 9.82. The highest BCUT2D eigenvalue weighted by atomic mass is 16.6. The van der Waals surface area contributed by atoms with Crippen LogP contribution >= 0.6 is 0 Å². The molecular formula is C47H76O7. The van der Waals surface area contributed by atoms with Crippen LogP contribution in [0.2, 0.25) is 0 Å². The van der Waals surface area contributed by atoms with E-state index in [2.05, 4.69) is 62.5 Å². The summed E-state index contributed by atoms with van der Waals surface area (Å²) in [4.78, 5) is 24.2. The molecule has 7 heteroatoms. The molecule has 54 heavy (non-hydrogen) atoms. The molecule has 0 aliphatic heterocycles. The van der Waals surface area contributed by atoms with Gasteiger partial charge in [0.15, 0.2) is 0 Å². The van der Waals surface area contributed by atoms with E-state index < -0.39 is 0 Å². The van der Waals surface area contributed by atoms with E-state index in [1.807, 2.05) is 0 Å².